The van der Waals surface area contributed by atoms with E-state index in [0.29, 0.717) is 5.95 Å². The Morgan fingerprint density at radius 2 is 1.08 bits per heavy atom. The average molecular weight is 362 g/mol. The Bertz CT molecular complexity index is 466. The number of allylic oxidation sites excluding steroid dienone is 1. The van der Waals surface area contributed by atoms with E-state index in [0.717, 1.165) is 31.3 Å². The summed E-state index contributed by atoms with van der Waals surface area (Å²) in [6.07, 6.45) is 5.35. The van der Waals surface area contributed by atoms with Gasteiger partial charge in [0.1, 0.15) is 0 Å². The largest absolute Gasteiger partial charge is 0.469 e. The van der Waals surface area contributed by atoms with E-state index >= 15 is 0 Å². The predicted molar refractivity (Wildman–Crippen MR) is 102 cm³/mol. The highest BCUT2D eigenvalue weighted by molar-refractivity contribution is 7.39. The minimum absolute atomic E-state index is 0.302. The Balaban J connectivity index is 0.000000214. The molecule has 0 aromatic heterocycles. The van der Waals surface area contributed by atoms with Gasteiger partial charge in [0.15, 0.2) is 0 Å². The summed E-state index contributed by atoms with van der Waals surface area (Å²) in [6, 6.07) is 24.0. The van der Waals surface area contributed by atoms with E-state index in [2.05, 4.69) is 0 Å². The standard InChI is InChI=1S/C8H15O4P.2C6H6/c1-11-8(12-13(9)10)7-5-3-2-4-6-7;2*1-2-4-6-5-3-1/h9-10H,2-6H2,1H3;2*1-6H. The van der Waals surface area contributed by atoms with Crippen LogP contribution < -0.4 is 0 Å². The Labute approximate surface area is 151 Å². The first-order valence-corrected chi connectivity index (χ1v) is 9.52. The van der Waals surface area contributed by atoms with Crippen LogP contribution in [-0.2, 0) is 9.26 Å². The molecule has 4 nitrogen and oxygen atoms in total. The maximum absolute atomic E-state index is 8.67. The van der Waals surface area contributed by atoms with Crippen molar-refractivity contribution in [1.29, 1.82) is 0 Å². The fourth-order valence-electron chi connectivity index (χ4n) is 2.27. The smallest absolute Gasteiger partial charge is 0.393 e. The molecule has 0 saturated heterocycles. The Morgan fingerprint density at radius 1 is 0.720 bits per heavy atom. The molecule has 2 N–H and O–H groups in total. The molecule has 2 aromatic rings. The molecule has 2 aromatic carbocycles. The quantitative estimate of drug-likeness (QED) is 0.566. The van der Waals surface area contributed by atoms with E-state index in [9.17, 15) is 0 Å². The number of hydrogen-bond donors (Lipinski definition) is 2. The molecule has 0 aliphatic heterocycles. The molecule has 25 heavy (non-hydrogen) atoms. The summed E-state index contributed by atoms with van der Waals surface area (Å²) in [6.45, 7) is 0. The zero-order valence-corrected chi connectivity index (χ0v) is 15.5. The van der Waals surface area contributed by atoms with Gasteiger partial charge in [-0.1, -0.05) is 79.2 Å². The van der Waals surface area contributed by atoms with Crippen molar-refractivity contribution < 1.29 is 19.0 Å². The van der Waals surface area contributed by atoms with Crippen LogP contribution in [0.2, 0.25) is 0 Å². The molecule has 1 aliphatic rings. The molecule has 0 bridgehead atoms. The number of benzene rings is 2. The van der Waals surface area contributed by atoms with Crippen molar-refractivity contribution in [2.24, 2.45) is 0 Å². The van der Waals surface area contributed by atoms with E-state index in [4.69, 9.17) is 19.0 Å². The van der Waals surface area contributed by atoms with Gasteiger partial charge in [-0.05, 0) is 25.7 Å². The second-order valence-corrected chi connectivity index (χ2v) is 6.00. The second kappa shape index (κ2) is 14.5. The van der Waals surface area contributed by atoms with Gasteiger partial charge in [0.25, 0.3) is 5.95 Å². The topological polar surface area (TPSA) is 58.9 Å². The van der Waals surface area contributed by atoms with Gasteiger partial charge in [-0.25, -0.2) is 0 Å². The zero-order chi connectivity index (χ0) is 18.2. The highest BCUT2D eigenvalue weighted by Gasteiger charge is 2.15. The third-order valence-electron chi connectivity index (χ3n) is 3.43. The average Bonchev–Trinajstić information content (AvgIpc) is 2.70. The molecule has 0 unspecified atom stereocenters. The summed E-state index contributed by atoms with van der Waals surface area (Å²) in [4.78, 5) is 17.3. The van der Waals surface area contributed by atoms with Gasteiger partial charge in [0.2, 0.25) is 0 Å². The SMILES string of the molecule is COC(OP(O)O)=C1CCCCC1.c1ccccc1.c1ccccc1. The highest BCUT2D eigenvalue weighted by Crippen LogP contribution is 2.34. The Hall–Kier alpha value is -1.87. The molecule has 136 valence electrons. The number of hydrogen-bond acceptors (Lipinski definition) is 4. The summed E-state index contributed by atoms with van der Waals surface area (Å²) in [5.74, 6) is 0.302. The number of ether oxygens (including phenoxy) is 1. The maximum Gasteiger partial charge on any atom is 0.393 e. The molecule has 5 heteroatoms. The lowest BCUT2D eigenvalue weighted by molar-refractivity contribution is 0.129. The van der Waals surface area contributed by atoms with E-state index < -0.39 is 8.60 Å². The van der Waals surface area contributed by atoms with Crippen molar-refractivity contribution in [1.82, 2.24) is 0 Å². The van der Waals surface area contributed by atoms with Crippen LogP contribution in [-0.4, -0.2) is 16.9 Å². The molecule has 0 radical (unpaired) electrons. The third kappa shape index (κ3) is 11.3. The molecular formula is C20H27O4P. The Morgan fingerprint density at radius 3 is 1.36 bits per heavy atom. The van der Waals surface area contributed by atoms with Crippen LogP contribution in [0.4, 0.5) is 0 Å². The van der Waals surface area contributed by atoms with Gasteiger partial charge in [0.05, 0.1) is 7.11 Å². The summed E-state index contributed by atoms with van der Waals surface area (Å²) in [5, 5.41) is 0. The molecule has 3 rings (SSSR count). The first-order valence-electron chi connectivity index (χ1n) is 8.36. The normalized spacial score (nSPS) is 12.9. The van der Waals surface area contributed by atoms with Gasteiger partial charge in [-0.2, -0.15) is 0 Å². The lowest BCUT2D eigenvalue weighted by Crippen LogP contribution is -2.02. The fourth-order valence-corrected chi connectivity index (χ4v) is 2.62. The number of rotatable bonds is 3. The molecule has 1 aliphatic carbocycles. The van der Waals surface area contributed by atoms with Crippen molar-refractivity contribution in [3.05, 3.63) is 84.3 Å². The minimum Gasteiger partial charge on any atom is -0.469 e. The van der Waals surface area contributed by atoms with Crippen LogP contribution in [0.1, 0.15) is 32.1 Å². The van der Waals surface area contributed by atoms with Crippen LogP contribution >= 0.6 is 8.60 Å². The molecule has 0 heterocycles. The van der Waals surface area contributed by atoms with Crippen LogP contribution in [0.5, 0.6) is 0 Å². The van der Waals surface area contributed by atoms with Gasteiger partial charge in [0, 0.05) is 5.57 Å². The second-order valence-electron chi connectivity index (χ2n) is 5.31. The molecule has 1 fully saturated rings. The minimum atomic E-state index is -2.35. The maximum atomic E-state index is 8.67. The third-order valence-corrected chi connectivity index (χ3v) is 3.76. The monoisotopic (exact) mass is 362 g/mol. The van der Waals surface area contributed by atoms with Crippen molar-refractivity contribution in [2.45, 2.75) is 32.1 Å². The lowest BCUT2D eigenvalue weighted by Gasteiger charge is -2.17. The van der Waals surface area contributed by atoms with E-state index in [1.807, 2.05) is 72.8 Å². The molecule has 0 spiro atoms. The van der Waals surface area contributed by atoms with Gasteiger partial charge in [-0.15, -0.1) is 0 Å². The molecular weight excluding hydrogens is 335 g/mol. The first-order chi connectivity index (χ1) is 12.2. The van der Waals surface area contributed by atoms with Gasteiger partial charge in [-0.3, -0.25) is 0 Å². The van der Waals surface area contributed by atoms with Crippen LogP contribution in [0.3, 0.4) is 0 Å². The van der Waals surface area contributed by atoms with Crippen molar-refractivity contribution in [3.8, 4) is 0 Å². The van der Waals surface area contributed by atoms with Crippen molar-refractivity contribution in [2.75, 3.05) is 7.11 Å². The summed E-state index contributed by atoms with van der Waals surface area (Å²) in [7, 11) is -0.871. The first kappa shape index (κ1) is 21.2. The fraction of sp³-hybridized carbons (Fsp3) is 0.300. The van der Waals surface area contributed by atoms with Crippen LogP contribution in [0.25, 0.3) is 0 Å². The lowest BCUT2D eigenvalue weighted by atomic mass is 9.96. The zero-order valence-electron chi connectivity index (χ0n) is 14.6. The summed E-state index contributed by atoms with van der Waals surface area (Å²) < 4.78 is 9.73. The Kier molecular flexibility index (Phi) is 12.3. The van der Waals surface area contributed by atoms with Gasteiger partial charge >= 0.3 is 8.60 Å². The van der Waals surface area contributed by atoms with Crippen molar-refractivity contribution in [3.63, 3.8) is 0 Å². The highest BCUT2D eigenvalue weighted by atomic mass is 31.2. The summed E-state index contributed by atoms with van der Waals surface area (Å²) >= 11 is 0. The predicted octanol–water partition coefficient (Wildman–Crippen LogP) is 5.41. The van der Waals surface area contributed by atoms with E-state index in [1.54, 1.807) is 0 Å². The van der Waals surface area contributed by atoms with Gasteiger partial charge < -0.3 is 19.0 Å². The van der Waals surface area contributed by atoms with Crippen molar-refractivity contribution >= 4 is 8.60 Å². The van der Waals surface area contributed by atoms with Crippen LogP contribution in [0.15, 0.2) is 84.3 Å². The molecule has 1 saturated carbocycles. The number of methoxy groups -OCH3 is 1. The van der Waals surface area contributed by atoms with Crippen LogP contribution in [0, 0.1) is 0 Å². The molecule has 0 amide bonds. The summed E-state index contributed by atoms with van der Waals surface area (Å²) in [5.41, 5.74) is 1.06. The van der Waals surface area contributed by atoms with E-state index in [-0.39, 0.29) is 0 Å². The van der Waals surface area contributed by atoms with E-state index in [1.165, 1.54) is 13.5 Å². The molecule has 0 atom stereocenters.